The van der Waals surface area contributed by atoms with E-state index in [1.165, 1.54) is 24.3 Å². The zero-order chi connectivity index (χ0) is 19.1. The molecule has 25 heavy (non-hydrogen) atoms. The Morgan fingerprint density at radius 1 is 1.24 bits per heavy atom. The number of carbonyl (C=O) groups is 1. The Morgan fingerprint density at radius 2 is 1.84 bits per heavy atom. The molecule has 2 N–H and O–H groups in total. The SMILES string of the molecule is CN(C)CC(C)(C)CNC(=O)c1ccc(S(=O)(=O)NCCC#N)cc1. The Labute approximate surface area is 150 Å². The Kier molecular flexibility index (Phi) is 7.55. The third kappa shape index (κ3) is 7.22. The highest BCUT2D eigenvalue weighted by Crippen LogP contribution is 2.15. The largest absolute Gasteiger partial charge is 0.351 e. The van der Waals surface area contributed by atoms with Crippen LogP contribution < -0.4 is 10.0 Å². The van der Waals surface area contributed by atoms with Crippen molar-refractivity contribution in [2.24, 2.45) is 5.41 Å². The summed E-state index contributed by atoms with van der Waals surface area (Å²) < 4.78 is 26.4. The fourth-order valence-corrected chi connectivity index (χ4v) is 3.48. The van der Waals surface area contributed by atoms with Crippen LogP contribution in [0, 0.1) is 16.7 Å². The molecule has 0 heterocycles. The second-order valence-corrected chi connectivity index (χ2v) is 8.68. The molecule has 1 amide bonds. The van der Waals surface area contributed by atoms with Gasteiger partial charge in [0.1, 0.15) is 0 Å². The van der Waals surface area contributed by atoms with E-state index >= 15 is 0 Å². The third-order valence-electron chi connectivity index (χ3n) is 3.43. The van der Waals surface area contributed by atoms with E-state index < -0.39 is 10.0 Å². The molecule has 0 spiro atoms. The van der Waals surface area contributed by atoms with Crippen molar-refractivity contribution in [2.75, 3.05) is 33.7 Å². The van der Waals surface area contributed by atoms with Gasteiger partial charge in [0.15, 0.2) is 0 Å². The van der Waals surface area contributed by atoms with Crippen LogP contribution in [0.1, 0.15) is 30.6 Å². The standard InChI is InChI=1S/C17H26N4O3S/c1-17(2,13-21(3)4)12-19-16(22)14-6-8-15(9-7-14)25(23,24)20-11-5-10-18/h6-9,20H,5,11-13H2,1-4H3,(H,19,22). The fourth-order valence-electron chi connectivity index (χ4n) is 2.44. The number of nitrogens with zero attached hydrogens (tertiary/aromatic N) is 2. The van der Waals surface area contributed by atoms with Crippen LogP contribution in [0.5, 0.6) is 0 Å². The molecule has 138 valence electrons. The molecule has 0 atom stereocenters. The first-order valence-electron chi connectivity index (χ1n) is 7.97. The first-order valence-corrected chi connectivity index (χ1v) is 9.45. The van der Waals surface area contributed by atoms with E-state index in [9.17, 15) is 13.2 Å². The number of amides is 1. The summed E-state index contributed by atoms with van der Waals surface area (Å²) in [5.41, 5.74) is 0.323. The molecule has 0 aliphatic rings. The van der Waals surface area contributed by atoms with Crippen molar-refractivity contribution in [2.45, 2.75) is 25.2 Å². The van der Waals surface area contributed by atoms with Gasteiger partial charge in [0.2, 0.25) is 10.0 Å². The van der Waals surface area contributed by atoms with Crippen LogP contribution in [0.4, 0.5) is 0 Å². The van der Waals surface area contributed by atoms with E-state index in [-0.39, 0.29) is 29.2 Å². The molecule has 0 radical (unpaired) electrons. The van der Waals surface area contributed by atoms with E-state index in [2.05, 4.69) is 28.8 Å². The molecule has 0 saturated heterocycles. The van der Waals surface area contributed by atoms with Crippen LogP contribution in [-0.4, -0.2) is 53.0 Å². The summed E-state index contributed by atoms with van der Waals surface area (Å²) in [6.45, 7) is 5.53. The van der Waals surface area contributed by atoms with Gasteiger partial charge in [-0.25, -0.2) is 13.1 Å². The normalized spacial score (nSPS) is 12.0. The smallest absolute Gasteiger partial charge is 0.251 e. The van der Waals surface area contributed by atoms with E-state index in [0.29, 0.717) is 12.1 Å². The molecule has 0 aliphatic carbocycles. The zero-order valence-corrected chi connectivity index (χ0v) is 16.0. The molecule has 8 heteroatoms. The number of nitriles is 1. The first-order chi connectivity index (χ1) is 11.6. The number of hydrogen-bond donors (Lipinski definition) is 2. The summed E-state index contributed by atoms with van der Waals surface area (Å²) in [6.07, 6.45) is 0.0997. The number of rotatable bonds is 9. The molecular weight excluding hydrogens is 340 g/mol. The molecule has 1 rings (SSSR count). The van der Waals surface area contributed by atoms with Gasteiger partial charge < -0.3 is 10.2 Å². The van der Waals surface area contributed by atoms with Gasteiger partial charge in [-0.3, -0.25) is 4.79 Å². The monoisotopic (exact) mass is 366 g/mol. The second kappa shape index (κ2) is 8.94. The van der Waals surface area contributed by atoms with Crippen molar-refractivity contribution < 1.29 is 13.2 Å². The summed E-state index contributed by atoms with van der Waals surface area (Å²) in [4.78, 5) is 14.3. The number of nitrogens with one attached hydrogen (secondary N) is 2. The van der Waals surface area contributed by atoms with Gasteiger partial charge in [0, 0.05) is 31.6 Å². The Balaban J connectivity index is 2.70. The van der Waals surface area contributed by atoms with Crippen LogP contribution in [-0.2, 0) is 10.0 Å². The van der Waals surface area contributed by atoms with E-state index in [0.717, 1.165) is 6.54 Å². The molecular formula is C17H26N4O3S. The van der Waals surface area contributed by atoms with Crippen LogP contribution in [0.2, 0.25) is 0 Å². The van der Waals surface area contributed by atoms with Gasteiger partial charge in [0.25, 0.3) is 5.91 Å². The number of carbonyl (C=O) groups excluding carboxylic acids is 1. The summed E-state index contributed by atoms with van der Waals surface area (Å²) in [5, 5.41) is 11.3. The van der Waals surface area contributed by atoms with Gasteiger partial charge in [-0.15, -0.1) is 0 Å². The Hall–Kier alpha value is -1.95. The second-order valence-electron chi connectivity index (χ2n) is 6.91. The lowest BCUT2D eigenvalue weighted by atomic mass is 9.93. The summed E-state index contributed by atoms with van der Waals surface area (Å²) >= 11 is 0. The summed E-state index contributed by atoms with van der Waals surface area (Å²) in [5.74, 6) is -0.242. The molecule has 0 bridgehead atoms. The van der Waals surface area contributed by atoms with Crippen molar-refractivity contribution in [1.29, 1.82) is 5.26 Å². The van der Waals surface area contributed by atoms with Crippen LogP contribution in [0.3, 0.4) is 0 Å². The highest BCUT2D eigenvalue weighted by molar-refractivity contribution is 7.89. The lowest BCUT2D eigenvalue weighted by Gasteiger charge is -2.28. The highest BCUT2D eigenvalue weighted by Gasteiger charge is 2.20. The van der Waals surface area contributed by atoms with Gasteiger partial charge in [-0.05, 0) is 43.8 Å². The van der Waals surface area contributed by atoms with Crippen LogP contribution in [0.25, 0.3) is 0 Å². The molecule has 0 fully saturated rings. The quantitative estimate of drug-likeness (QED) is 0.639. The molecule has 0 aromatic heterocycles. The van der Waals surface area contributed by atoms with Gasteiger partial charge >= 0.3 is 0 Å². The maximum atomic E-state index is 12.2. The van der Waals surface area contributed by atoms with E-state index in [4.69, 9.17) is 5.26 Å². The lowest BCUT2D eigenvalue weighted by Crippen LogP contribution is -2.40. The fraction of sp³-hybridized carbons (Fsp3) is 0.529. The molecule has 0 unspecified atom stereocenters. The van der Waals surface area contributed by atoms with Gasteiger partial charge in [-0.2, -0.15) is 5.26 Å². The van der Waals surface area contributed by atoms with E-state index in [1.54, 1.807) is 0 Å². The maximum absolute atomic E-state index is 12.2. The average molecular weight is 366 g/mol. The predicted molar refractivity (Wildman–Crippen MR) is 96.5 cm³/mol. The molecule has 7 nitrogen and oxygen atoms in total. The van der Waals surface area contributed by atoms with Gasteiger partial charge in [-0.1, -0.05) is 13.8 Å². The number of hydrogen-bond acceptors (Lipinski definition) is 5. The maximum Gasteiger partial charge on any atom is 0.251 e. The minimum atomic E-state index is -3.66. The van der Waals surface area contributed by atoms with Crippen molar-refractivity contribution >= 4 is 15.9 Å². The molecule has 0 aliphatic heterocycles. The van der Waals surface area contributed by atoms with E-state index in [1.807, 2.05) is 20.2 Å². The molecule has 1 aromatic rings. The average Bonchev–Trinajstić information content (AvgIpc) is 2.52. The van der Waals surface area contributed by atoms with Crippen molar-refractivity contribution in [3.8, 4) is 6.07 Å². The molecule has 1 aromatic carbocycles. The lowest BCUT2D eigenvalue weighted by molar-refractivity contribution is 0.0929. The van der Waals surface area contributed by atoms with Crippen molar-refractivity contribution in [1.82, 2.24) is 14.9 Å². The van der Waals surface area contributed by atoms with Crippen LogP contribution >= 0.6 is 0 Å². The Morgan fingerprint density at radius 3 is 2.36 bits per heavy atom. The highest BCUT2D eigenvalue weighted by atomic mass is 32.2. The minimum Gasteiger partial charge on any atom is -0.351 e. The Bertz CT molecular complexity index is 719. The van der Waals surface area contributed by atoms with Crippen molar-refractivity contribution in [3.63, 3.8) is 0 Å². The number of benzene rings is 1. The topological polar surface area (TPSA) is 102 Å². The summed E-state index contributed by atoms with van der Waals surface area (Å²) in [7, 11) is 0.297. The minimum absolute atomic E-state index is 0.0576. The van der Waals surface area contributed by atoms with Crippen LogP contribution in [0.15, 0.2) is 29.2 Å². The third-order valence-corrected chi connectivity index (χ3v) is 4.90. The predicted octanol–water partition coefficient (Wildman–Crippen LogP) is 1.20. The molecule has 0 saturated carbocycles. The van der Waals surface area contributed by atoms with Gasteiger partial charge in [0.05, 0.1) is 11.0 Å². The summed E-state index contributed by atoms with van der Waals surface area (Å²) in [6, 6.07) is 7.60. The first kappa shape index (κ1) is 21.1. The van der Waals surface area contributed by atoms with Crippen molar-refractivity contribution in [3.05, 3.63) is 29.8 Å². The zero-order valence-electron chi connectivity index (χ0n) is 15.2. The number of sulfonamides is 1.